The van der Waals surface area contributed by atoms with Crippen LogP contribution in [0.15, 0.2) is 23.8 Å². The lowest BCUT2D eigenvalue weighted by molar-refractivity contribution is 0.0957. The van der Waals surface area contributed by atoms with Crippen LogP contribution in [0.3, 0.4) is 0 Å². The highest BCUT2D eigenvalue weighted by molar-refractivity contribution is 5.51. The van der Waals surface area contributed by atoms with Crippen molar-refractivity contribution in [1.29, 1.82) is 0 Å². The van der Waals surface area contributed by atoms with Crippen molar-refractivity contribution in [2.45, 2.75) is 584 Å². The first-order valence-corrected chi connectivity index (χ1v) is 64.0. The van der Waals surface area contributed by atoms with Gasteiger partial charge in [0.05, 0.1) is 0 Å². The molecule has 1 aromatic rings. The standard InChI is InChI=1S/C138H258/c1-41-96(18)121(59-48-44-55-89(4)5)79-107(29)122(60-49-45-56-90(6)7)82-112(34)129-66-54-68-131(129)117(39)135-88-137(120-71-72-120)138-87-134(114(36)85-136(138)118(135)40)127-64-52-63-126(86-127)115(37)105(27)74-100(22)102(24)76-110(32)132(95(16)17)84-113(35)133(97(19)42-2)83-109(31)124(70-69-93(12)13)80-108(30)123(61-50-46-57-91(8)9)81-111(33)128-65-53-67-130(128)116(38)125(62-51-47-58-92(10)11)78-104(26)101(23)75-106(28)119(43-3)77-103(25)99(21)73-98(20)94(14)15/h85,87-113,115-133,137H,41-84,86H2,1-40H3. The zero-order valence-electron chi connectivity index (χ0n) is 102. The van der Waals surface area contributed by atoms with Crippen LogP contribution in [-0.4, -0.2) is 0 Å². The second kappa shape index (κ2) is 63.8. The summed E-state index contributed by atoms with van der Waals surface area (Å²) < 4.78 is 0. The third-order valence-electron chi connectivity index (χ3n) is 44.2. The Morgan fingerprint density at radius 3 is 1.11 bits per heavy atom. The average molecular weight is 1920 g/mol. The first kappa shape index (κ1) is 126. The largest absolute Gasteiger partial charge is 0.0766 e. The molecule has 810 valence electrons. The van der Waals surface area contributed by atoms with Crippen molar-refractivity contribution in [2.24, 2.45) is 249 Å². The zero-order valence-corrected chi connectivity index (χ0v) is 102. The van der Waals surface area contributed by atoms with E-state index in [4.69, 9.17) is 0 Å². The van der Waals surface area contributed by atoms with E-state index in [9.17, 15) is 0 Å². The third kappa shape index (κ3) is 41.0. The van der Waals surface area contributed by atoms with Crippen molar-refractivity contribution in [3.8, 4) is 0 Å². The fourth-order valence-electron chi connectivity index (χ4n) is 32.2. The lowest BCUT2D eigenvalue weighted by Crippen LogP contribution is -2.32. The second-order valence-corrected chi connectivity index (χ2v) is 57.9. The molecule has 37 atom stereocenters. The van der Waals surface area contributed by atoms with Crippen LogP contribution >= 0.6 is 0 Å². The summed E-state index contributed by atoms with van der Waals surface area (Å²) in [5.41, 5.74) is 8.72. The average Bonchev–Trinajstić information content (AvgIpc) is 1.46. The maximum absolute atomic E-state index is 2.97. The maximum atomic E-state index is 2.97. The monoisotopic (exact) mass is 1920 g/mol. The van der Waals surface area contributed by atoms with Gasteiger partial charge in [-0.05, 0) is 418 Å². The van der Waals surface area contributed by atoms with Crippen molar-refractivity contribution < 1.29 is 0 Å². The zero-order chi connectivity index (χ0) is 103. The summed E-state index contributed by atoms with van der Waals surface area (Å²) >= 11 is 0. The van der Waals surface area contributed by atoms with E-state index in [1.807, 2.05) is 5.57 Å². The summed E-state index contributed by atoms with van der Waals surface area (Å²) in [4.78, 5) is 0. The SMILES string of the molecule is CCC(C)C(CCCCC(C)C)CC(C)C(CCCCC(C)C)CC(C)C1CCCC1C(C)C1=CC(C2CC2)c2cc(C3CCCC(C(C)C(C)CC(C)C(C)CC(C)C(CC(C)C(CC(C)C(CCC(C)C)CC(C)C(CCCCC(C)C)CC(C)C4CCCC4C(C)C(CCCCC(C)C)CC(C)C(C)CC(C)C(CC)CC(C)C(C)CC(C)C(C)C)C(C)CC)C(C)C)C3)c(C)cc2C1C. The number of fused-ring (bicyclic) bond motifs is 1. The number of hydrogen-bond acceptors (Lipinski definition) is 0. The number of benzene rings is 1. The van der Waals surface area contributed by atoms with Crippen molar-refractivity contribution in [3.63, 3.8) is 0 Å². The molecule has 0 bridgehead atoms. The maximum Gasteiger partial charge on any atom is 0.00523 e. The summed E-state index contributed by atoms with van der Waals surface area (Å²) in [5.74, 6) is 35.8. The Balaban J connectivity index is 1.09. The fourth-order valence-corrected chi connectivity index (χ4v) is 32.2. The van der Waals surface area contributed by atoms with Crippen LogP contribution in [0.2, 0.25) is 0 Å². The van der Waals surface area contributed by atoms with E-state index in [-0.39, 0.29) is 0 Å². The number of hydrogen-bond donors (Lipinski definition) is 0. The van der Waals surface area contributed by atoms with Gasteiger partial charge in [-0.2, -0.15) is 0 Å². The molecule has 0 amide bonds. The quantitative estimate of drug-likeness (QED) is 0.0450. The first-order valence-electron chi connectivity index (χ1n) is 64.0. The van der Waals surface area contributed by atoms with E-state index in [1.165, 1.54) is 289 Å². The molecule has 37 unspecified atom stereocenters. The Morgan fingerprint density at radius 2 is 0.645 bits per heavy atom. The first-order chi connectivity index (χ1) is 65.1. The Hall–Kier alpha value is -1.04. The Morgan fingerprint density at radius 1 is 0.268 bits per heavy atom. The van der Waals surface area contributed by atoms with Gasteiger partial charge in [0.15, 0.2) is 0 Å². The molecule has 0 N–H and O–H groups in total. The van der Waals surface area contributed by atoms with Gasteiger partial charge in [-0.15, -0.1) is 0 Å². The number of unbranched alkanes of at least 4 members (excludes halogenated alkanes) is 4. The molecule has 138 heavy (non-hydrogen) atoms. The molecule has 0 spiro atoms. The molecule has 5 aliphatic carbocycles. The summed E-state index contributed by atoms with van der Waals surface area (Å²) in [6, 6.07) is 5.70. The van der Waals surface area contributed by atoms with Gasteiger partial charge in [0, 0.05) is 11.8 Å². The van der Waals surface area contributed by atoms with E-state index < -0.39 is 0 Å². The van der Waals surface area contributed by atoms with Gasteiger partial charge in [0.1, 0.15) is 0 Å². The van der Waals surface area contributed by atoms with Crippen LogP contribution in [0.4, 0.5) is 0 Å². The van der Waals surface area contributed by atoms with E-state index >= 15 is 0 Å². The third-order valence-corrected chi connectivity index (χ3v) is 44.2. The topological polar surface area (TPSA) is 0 Å². The van der Waals surface area contributed by atoms with Crippen molar-refractivity contribution in [1.82, 2.24) is 0 Å². The molecule has 5 aliphatic rings. The summed E-state index contributed by atoms with van der Waals surface area (Å²) in [6.07, 6.45) is 67.1. The Kier molecular flexibility index (Phi) is 58.1. The summed E-state index contributed by atoms with van der Waals surface area (Å²) in [7, 11) is 0. The molecule has 0 aromatic heterocycles. The molecule has 6 rings (SSSR count). The number of allylic oxidation sites excluding steroid dienone is 2. The van der Waals surface area contributed by atoms with Gasteiger partial charge >= 0.3 is 0 Å². The minimum atomic E-state index is 0.528. The van der Waals surface area contributed by atoms with Gasteiger partial charge in [-0.25, -0.2) is 0 Å². The van der Waals surface area contributed by atoms with Crippen LogP contribution in [-0.2, 0) is 0 Å². The normalized spacial score (nSPS) is 26.2. The van der Waals surface area contributed by atoms with E-state index in [0.29, 0.717) is 23.7 Å². The molecule has 0 heterocycles. The molecular formula is C138H258. The minimum absolute atomic E-state index is 0.528. The van der Waals surface area contributed by atoms with Crippen LogP contribution < -0.4 is 0 Å². The minimum Gasteiger partial charge on any atom is -0.0766 e. The highest BCUT2D eigenvalue weighted by Gasteiger charge is 2.46. The fraction of sp³-hybridized carbons (Fsp3) is 0.942. The van der Waals surface area contributed by atoms with E-state index in [1.54, 1.807) is 22.3 Å². The van der Waals surface area contributed by atoms with E-state index in [2.05, 4.69) is 295 Å². The van der Waals surface area contributed by atoms with Gasteiger partial charge in [-0.1, -0.05) is 448 Å². The molecule has 4 saturated carbocycles. The molecule has 0 saturated heterocycles. The van der Waals surface area contributed by atoms with Gasteiger partial charge < -0.3 is 0 Å². The van der Waals surface area contributed by atoms with Crippen LogP contribution in [0.1, 0.15) is 599 Å². The van der Waals surface area contributed by atoms with Gasteiger partial charge in [0.2, 0.25) is 0 Å². The van der Waals surface area contributed by atoms with Crippen molar-refractivity contribution >= 4 is 0 Å². The summed E-state index contributed by atoms with van der Waals surface area (Å²) in [5, 5.41) is 0. The molecule has 0 heteroatoms. The van der Waals surface area contributed by atoms with Crippen molar-refractivity contribution in [3.05, 3.63) is 46.0 Å². The second-order valence-electron chi connectivity index (χ2n) is 57.9. The lowest BCUT2D eigenvalue weighted by Gasteiger charge is -2.41. The highest BCUT2D eigenvalue weighted by Crippen LogP contribution is 2.58. The molecular weight excluding hydrogens is 1660 g/mol. The molecule has 4 fully saturated rings. The molecule has 1 aromatic carbocycles. The smallest absolute Gasteiger partial charge is 0.00523 e. The predicted molar refractivity (Wildman–Crippen MR) is 623 cm³/mol. The molecule has 0 nitrogen and oxygen atoms in total. The van der Waals surface area contributed by atoms with Crippen LogP contribution in [0.5, 0.6) is 0 Å². The number of rotatable bonds is 73. The summed E-state index contributed by atoms with van der Waals surface area (Å²) in [6.45, 7) is 104. The van der Waals surface area contributed by atoms with Gasteiger partial charge in [0.25, 0.3) is 0 Å². The van der Waals surface area contributed by atoms with Crippen molar-refractivity contribution in [2.75, 3.05) is 0 Å². The lowest BCUT2D eigenvalue weighted by atomic mass is 9.64. The Bertz CT molecular complexity index is 3300. The molecule has 0 radical (unpaired) electrons. The predicted octanol–water partition coefficient (Wildman–Crippen LogP) is 45.5. The van der Waals surface area contributed by atoms with Crippen LogP contribution in [0, 0.1) is 255 Å². The van der Waals surface area contributed by atoms with Gasteiger partial charge in [-0.3, -0.25) is 0 Å². The highest BCUT2D eigenvalue weighted by atomic mass is 14.5. The number of aryl methyl sites for hydroxylation is 1. The van der Waals surface area contributed by atoms with Crippen LogP contribution in [0.25, 0.3) is 0 Å². The van der Waals surface area contributed by atoms with E-state index in [0.717, 1.165) is 243 Å². The molecule has 0 aliphatic heterocycles. The Labute approximate surface area is 872 Å².